The Kier molecular flexibility index (Phi) is 5.11. The Hall–Kier alpha value is -4.78. The van der Waals surface area contributed by atoms with Gasteiger partial charge in [-0.25, -0.2) is 4.98 Å². The summed E-state index contributed by atoms with van der Waals surface area (Å²) in [5.74, 6) is 0.925. The minimum atomic E-state index is -0.342. The minimum absolute atomic E-state index is 0.252. The van der Waals surface area contributed by atoms with Crippen molar-refractivity contribution in [1.29, 1.82) is 5.26 Å². The van der Waals surface area contributed by atoms with Crippen molar-refractivity contribution in [2.24, 2.45) is 13.0 Å². The molecule has 1 aliphatic carbocycles. The van der Waals surface area contributed by atoms with Crippen LogP contribution in [0.5, 0.6) is 0 Å². The summed E-state index contributed by atoms with van der Waals surface area (Å²) in [6, 6.07) is 12.0. The molecule has 1 aliphatic rings. The number of H-pyrrole nitrogens is 1. The second-order valence-electron chi connectivity index (χ2n) is 9.31. The number of aromatic amines is 1. The number of carbonyl (C=O) groups is 1. The number of nitrogens with zero attached hydrogens (tertiary/aromatic N) is 7. The van der Waals surface area contributed by atoms with E-state index in [9.17, 15) is 10.1 Å². The van der Waals surface area contributed by atoms with Gasteiger partial charge < -0.3 is 14.3 Å². The Morgan fingerprint density at radius 3 is 2.94 bits per heavy atom. The van der Waals surface area contributed by atoms with Gasteiger partial charge in [0.1, 0.15) is 17.8 Å². The Bertz CT molecular complexity index is 1600. The highest BCUT2D eigenvalue weighted by Gasteiger charge is 2.49. The molecule has 4 heterocycles. The van der Waals surface area contributed by atoms with Crippen molar-refractivity contribution in [2.45, 2.75) is 24.7 Å². The first kappa shape index (κ1) is 21.7. The topological polar surface area (TPSA) is 130 Å². The van der Waals surface area contributed by atoms with Gasteiger partial charge in [-0.2, -0.15) is 10.4 Å². The standard InChI is InChI=1S/C26H23N9O/c1-34-16-31-33-25(34)26(11-17(12-26)5-6-27)20-3-2-4-21(10-20)32-24(36)22-9-18(19-13-29-30-14-19)15-35-8-7-28-23(22)35/h2-4,7-10,13-17H,5,11-12H2,1H3,(H,29,30)(H,32,36). The van der Waals surface area contributed by atoms with Crippen LogP contribution < -0.4 is 5.32 Å². The third kappa shape index (κ3) is 3.53. The molecular weight excluding hydrogens is 454 g/mol. The number of hydrogen-bond acceptors (Lipinski definition) is 6. The van der Waals surface area contributed by atoms with E-state index in [2.05, 4.69) is 42.8 Å². The van der Waals surface area contributed by atoms with Gasteiger partial charge in [-0.05, 0) is 42.5 Å². The Balaban J connectivity index is 1.34. The predicted molar refractivity (Wildman–Crippen MR) is 132 cm³/mol. The smallest absolute Gasteiger partial charge is 0.259 e. The molecule has 0 atom stereocenters. The van der Waals surface area contributed by atoms with Crippen LogP contribution in [0.2, 0.25) is 0 Å². The molecule has 1 fully saturated rings. The third-order valence-corrected chi connectivity index (χ3v) is 7.03. The molecule has 36 heavy (non-hydrogen) atoms. The lowest BCUT2D eigenvalue weighted by atomic mass is 9.57. The summed E-state index contributed by atoms with van der Waals surface area (Å²) < 4.78 is 3.77. The monoisotopic (exact) mass is 477 g/mol. The lowest BCUT2D eigenvalue weighted by Crippen LogP contribution is -2.44. The van der Waals surface area contributed by atoms with Gasteiger partial charge >= 0.3 is 0 Å². The van der Waals surface area contributed by atoms with E-state index in [1.807, 2.05) is 52.7 Å². The molecule has 1 aromatic carbocycles. The molecule has 1 amide bonds. The summed E-state index contributed by atoms with van der Waals surface area (Å²) in [5.41, 5.74) is 4.15. The molecule has 0 bridgehead atoms. The number of carbonyl (C=O) groups excluding carboxylic acids is 1. The van der Waals surface area contributed by atoms with Gasteiger partial charge in [0.05, 0.1) is 23.2 Å². The zero-order valence-electron chi connectivity index (χ0n) is 19.6. The van der Waals surface area contributed by atoms with Gasteiger partial charge in [-0.3, -0.25) is 9.89 Å². The Morgan fingerprint density at radius 1 is 1.31 bits per heavy atom. The van der Waals surface area contributed by atoms with Crippen LogP contribution in [0.25, 0.3) is 16.8 Å². The Morgan fingerprint density at radius 2 is 2.19 bits per heavy atom. The molecule has 4 aromatic heterocycles. The largest absolute Gasteiger partial charge is 0.322 e. The summed E-state index contributed by atoms with van der Waals surface area (Å²) in [4.78, 5) is 17.8. The Labute approximate surface area is 206 Å². The van der Waals surface area contributed by atoms with Crippen LogP contribution in [0.1, 0.15) is 41.0 Å². The lowest BCUT2D eigenvalue weighted by molar-refractivity contribution is 0.102. The summed E-state index contributed by atoms with van der Waals surface area (Å²) >= 11 is 0. The van der Waals surface area contributed by atoms with Crippen molar-refractivity contribution in [3.05, 3.63) is 84.6 Å². The lowest BCUT2D eigenvalue weighted by Gasteiger charge is -2.46. The number of pyridine rings is 1. The number of imidazole rings is 1. The summed E-state index contributed by atoms with van der Waals surface area (Å²) in [5, 5.41) is 27.6. The fourth-order valence-corrected chi connectivity index (χ4v) is 5.32. The first-order chi connectivity index (χ1) is 17.6. The van der Waals surface area contributed by atoms with Crippen LogP contribution >= 0.6 is 0 Å². The SMILES string of the molecule is Cn1cnnc1C1(c2cccc(NC(=O)c3cc(-c4cn[nH]c4)cn4ccnc34)c2)CC(CC#N)C1. The highest BCUT2D eigenvalue weighted by molar-refractivity contribution is 6.09. The third-order valence-electron chi connectivity index (χ3n) is 7.03. The highest BCUT2D eigenvalue weighted by Crippen LogP contribution is 2.53. The molecule has 0 aliphatic heterocycles. The van der Waals surface area contributed by atoms with Crippen molar-refractivity contribution in [2.75, 3.05) is 5.32 Å². The summed E-state index contributed by atoms with van der Waals surface area (Å²) in [6.45, 7) is 0. The average molecular weight is 478 g/mol. The van der Waals surface area contributed by atoms with Gasteiger partial charge in [0, 0.05) is 55.1 Å². The van der Waals surface area contributed by atoms with Crippen molar-refractivity contribution in [3.8, 4) is 17.2 Å². The van der Waals surface area contributed by atoms with Crippen molar-refractivity contribution in [1.82, 2.24) is 34.3 Å². The second-order valence-corrected chi connectivity index (χ2v) is 9.31. The fraction of sp³-hybridized carbons (Fsp3) is 0.231. The number of nitrogens with one attached hydrogen (secondary N) is 2. The molecular formula is C26H23N9O. The van der Waals surface area contributed by atoms with Crippen LogP contribution in [-0.2, 0) is 12.5 Å². The number of amides is 1. The van der Waals surface area contributed by atoms with Crippen LogP contribution in [0.3, 0.4) is 0 Å². The number of rotatable bonds is 6. The van der Waals surface area contributed by atoms with E-state index in [4.69, 9.17) is 0 Å². The quantitative estimate of drug-likeness (QED) is 0.383. The maximum absolute atomic E-state index is 13.5. The fourth-order valence-electron chi connectivity index (χ4n) is 5.32. The minimum Gasteiger partial charge on any atom is -0.322 e. The zero-order chi connectivity index (χ0) is 24.7. The van der Waals surface area contributed by atoms with Crippen molar-refractivity contribution >= 4 is 17.2 Å². The van der Waals surface area contributed by atoms with Gasteiger partial charge in [0.15, 0.2) is 0 Å². The number of hydrogen-bond donors (Lipinski definition) is 2. The number of anilines is 1. The molecule has 5 aromatic rings. The first-order valence-corrected chi connectivity index (χ1v) is 11.7. The maximum Gasteiger partial charge on any atom is 0.259 e. The molecule has 6 rings (SSSR count). The molecule has 178 valence electrons. The number of aryl methyl sites for hydroxylation is 1. The molecule has 2 N–H and O–H groups in total. The van der Waals surface area contributed by atoms with E-state index in [0.29, 0.717) is 29.2 Å². The molecule has 10 nitrogen and oxygen atoms in total. The van der Waals surface area contributed by atoms with Crippen molar-refractivity contribution < 1.29 is 4.79 Å². The zero-order valence-corrected chi connectivity index (χ0v) is 19.6. The van der Waals surface area contributed by atoms with Crippen LogP contribution in [0.4, 0.5) is 5.69 Å². The van der Waals surface area contributed by atoms with E-state index in [1.54, 1.807) is 24.9 Å². The maximum atomic E-state index is 13.5. The normalized spacial score (nSPS) is 19.1. The summed E-state index contributed by atoms with van der Waals surface area (Å²) in [6.07, 6.45) is 12.7. The number of aromatic nitrogens is 7. The van der Waals surface area contributed by atoms with Gasteiger partial charge in [0.25, 0.3) is 5.91 Å². The first-order valence-electron chi connectivity index (χ1n) is 11.7. The molecule has 1 saturated carbocycles. The van der Waals surface area contributed by atoms with Gasteiger partial charge in [-0.1, -0.05) is 12.1 Å². The van der Waals surface area contributed by atoms with E-state index in [0.717, 1.165) is 35.4 Å². The number of nitriles is 1. The predicted octanol–water partition coefficient (Wildman–Crippen LogP) is 3.71. The van der Waals surface area contributed by atoms with E-state index in [1.165, 1.54) is 0 Å². The number of fused-ring (bicyclic) bond motifs is 1. The van der Waals surface area contributed by atoms with E-state index in [-0.39, 0.29) is 11.3 Å². The highest BCUT2D eigenvalue weighted by atomic mass is 16.1. The van der Waals surface area contributed by atoms with Gasteiger partial charge in [0.2, 0.25) is 0 Å². The van der Waals surface area contributed by atoms with E-state index < -0.39 is 0 Å². The summed E-state index contributed by atoms with van der Waals surface area (Å²) in [7, 11) is 1.93. The molecule has 10 heteroatoms. The molecule has 0 radical (unpaired) electrons. The van der Waals surface area contributed by atoms with Crippen LogP contribution in [0.15, 0.2) is 67.6 Å². The van der Waals surface area contributed by atoms with Crippen LogP contribution in [-0.4, -0.2) is 40.3 Å². The number of benzene rings is 1. The average Bonchev–Trinajstić information content (AvgIpc) is 3.63. The second kappa shape index (κ2) is 8.46. The van der Waals surface area contributed by atoms with Crippen LogP contribution in [0, 0.1) is 17.2 Å². The molecule has 0 spiro atoms. The van der Waals surface area contributed by atoms with E-state index >= 15 is 0 Å². The molecule has 0 saturated heterocycles. The van der Waals surface area contributed by atoms with Crippen molar-refractivity contribution in [3.63, 3.8) is 0 Å². The van der Waals surface area contributed by atoms with Gasteiger partial charge in [-0.15, -0.1) is 10.2 Å². The molecule has 0 unspecified atom stereocenters.